The van der Waals surface area contributed by atoms with Crippen LogP contribution in [0.15, 0.2) is 177 Å². The second-order valence-corrected chi connectivity index (χ2v) is 12.1. The van der Waals surface area contributed by atoms with Crippen molar-refractivity contribution in [3.05, 3.63) is 189 Å². The summed E-state index contributed by atoms with van der Waals surface area (Å²) >= 11 is 0. The first-order valence-electron chi connectivity index (χ1n) is 16.8. The first-order valence-corrected chi connectivity index (χ1v) is 16.8. The molecule has 0 atom stereocenters. The van der Waals surface area contributed by atoms with Gasteiger partial charge in [-0.3, -0.25) is 9.55 Å². The van der Waals surface area contributed by atoms with Crippen molar-refractivity contribution in [2.45, 2.75) is 0 Å². The third kappa shape index (κ3) is 6.32. The summed E-state index contributed by atoms with van der Waals surface area (Å²) in [6.07, 6.45) is 7.15. The molecular weight excluding hydrogens is 623 g/mol. The third-order valence-electron chi connectivity index (χ3n) is 8.95. The molecule has 0 aliphatic heterocycles. The van der Waals surface area contributed by atoms with E-state index in [1.54, 1.807) is 18.5 Å². The van der Waals surface area contributed by atoms with Gasteiger partial charge in [0.25, 0.3) is 0 Å². The maximum atomic E-state index is 5.01. The predicted molar refractivity (Wildman–Crippen MR) is 210 cm³/mol. The van der Waals surface area contributed by atoms with E-state index in [-0.39, 0.29) is 0 Å². The minimum Gasteiger partial charge on any atom is -0.292 e. The highest BCUT2D eigenvalue weighted by molar-refractivity contribution is 5.77. The molecule has 5 aromatic carbocycles. The van der Waals surface area contributed by atoms with Gasteiger partial charge in [-0.1, -0.05) is 134 Å². The van der Waals surface area contributed by atoms with Crippen molar-refractivity contribution in [2.24, 2.45) is 0 Å². The fraction of sp³-hybridized carbons (Fsp3) is 0. The zero-order valence-electron chi connectivity index (χ0n) is 27.9. The van der Waals surface area contributed by atoms with E-state index in [0.29, 0.717) is 5.82 Å². The highest BCUT2D eigenvalue weighted by atomic mass is 15.1. The van der Waals surface area contributed by atoms with Crippen LogP contribution in [-0.4, -0.2) is 24.5 Å². The van der Waals surface area contributed by atoms with Gasteiger partial charge in [0.2, 0.25) is 0 Å². The second-order valence-electron chi connectivity index (χ2n) is 12.1. The molecular formula is C46H33N5. The molecule has 3 heterocycles. The van der Waals surface area contributed by atoms with Crippen molar-refractivity contribution >= 4 is 12.2 Å². The topological polar surface area (TPSA) is 56.5 Å². The summed E-state index contributed by atoms with van der Waals surface area (Å²) in [5.74, 6) is 1.50. The van der Waals surface area contributed by atoms with Gasteiger partial charge < -0.3 is 0 Å². The van der Waals surface area contributed by atoms with Crippen LogP contribution in [0.4, 0.5) is 0 Å². The molecule has 0 amide bonds. The average Bonchev–Trinajstić information content (AvgIpc) is 3.61. The molecule has 0 saturated carbocycles. The number of para-hydroxylation sites is 1. The van der Waals surface area contributed by atoms with Crippen LogP contribution in [0.1, 0.15) is 11.4 Å². The molecule has 0 radical (unpaired) electrons. The number of imidazole rings is 1. The molecule has 0 spiro atoms. The van der Waals surface area contributed by atoms with E-state index in [9.17, 15) is 0 Å². The molecule has 0 bridgehead atoms. The number of nitrogens with zero attached hydrogens (tertiary/aromatic N) is 5. The molecule has 5 heteroatoms. The summed E-state index contributed by atoms with van der Waals surface area (Å²) < 4.78 is 2.13. The average molecular weight is 656 g/mol. The molecule has 51 heavy (non-hydrogen) atoms. The molecule has 0 saturated heterocycles. The summed E-state index contributed by atoms with van der Waals surface area (Å²) in [5.41, 5.74) is 13.0. The summed E-state index contributed by atoms with van der Waals surface area (Å²) in [5, 5.41) is 0. The fourth-order valence-electron chi connectivity index (χ4n) is 6.31. The largest absolute Gasteiger partial charge is 0.292 e. The van der Waals surface area contributed by atoms with Crippen molar-refractivity contribution in [1.82, 2.24) is 24.5 Å². The van der Waals surface area contributed by atoms with Crippen LogP contribution in [-0.2, 0) is 0 Å². The molecule has 0 N–H and O–H groups in total. The highest BCUT2D eigenvalue weighted by Crippen LogP contribution is 2.33. The smallest absolute Gasteiger partial charge is 0.160 e. The number of hydrogen-bond acceptors (Lipinski definition) is 4. The van der Waals surface area contributed by atoms with Gasteiger partial charge in [-0.05, 0) is 64.7 Å². The maximum Gasteiger partial charge on any atom is 0.160 e. The molecule has 0 fully saturated rings. The van der Waals surface area contributed by atoms with Gasteiger partial charge in [-0.15, -0.1) is 0 Å². The zero-order chi connectivity index (χ0) is 34.6. The highest BCUT2D eigenvalue weighted by Gasteiger charge is 2.17. The van der Waals surface area contributed by atoms with Gasteiger partial charge >= 0.3 is 0 Å². The Bertz CT molecular complexity index is 2450. The van der Waals surface area contributed by atoms with E-state index >= 15 is 0 Å². The Labute approximate surface area is 297 Å². The summed E-state index contributed by atoms with van der Waals surface area (Å²) in [7, 11) is 0. The van der Waals surface area contributed by atoms with Crippen molar-refractivity contribution in [1.29, 1.82) is 0 Å². The Morgan fingerprint density at radius 3 is 1.41 bits per heavy atom. The number of hydrogen-bond donors (Lipinski definition) is 0. The lowest BCUT2D eigenvalue weighted by molar-refractivity contribution is 1.05. The minimum absolute atomic E-state index is 0.657. The predicted octanol–water partition coefficient (Wildman–Crippen LogP) is 11.3. The van der Waals surface area contributed by atoms with Crippen LogP contribution in [0.2, 0.25) is 0 Å². The molecule has 0 unspecified atom stereocenters. The van der Waals surface area contributed by atoms with Crippen LogP contribution in [0.3, 0.4) is 0 Å². The Morgan fingerprint density at radius 2 is 0.902 bits per heavy atom. The Morgan fingerprint density at radius 1 is 0.431 bits per heavy atom. The van der Waals surface area contributed by atoms with Crippen LogP contribution in [0, 0.1) is 0 Å². The molecule has 242 valence electrons. The maximum absolute atomic E-state index is 5.01. The van der Waals surface area contributed by atoms with E-state index in [1.807, 2.05) is 42.5 Å². The van der Waals surface area contributed by atoms with Crippen LogP contribution in [0.5, 0.6) is 0 Å². The molecule has 5 nitrogen and oxygen atoms in total. The third-order valence-corrected chi connectivity index (χ3v) is 8.95. The van der Waals surface area contributed by atoms with Crippen molar-refractivity contribution < 1.29 is 0 Å². The summed E-state index contributed by atoms with van der Waals surface area (Å²) in [6, 6.07) is 52.1. The van der Waals surface area contributed by atoms with Gasteiger partial charge in [0.15, 0.2) is 5.82 Å². The lowest BCUT2D eigenvalue weighted by Gasteiger charge is -2.12. The van der Waals surface area contributed by atoms with E-state index in [0.717, 1.165) is 73.2 Å². The van der Waals surface area contributed by atoms with Crippen molar-refractivity contribution in [3.8, 4) is 73.2 Å². The van der Waals surface area contributed by atoms with Crippen LogP contribution >= 0.6 is 0 Å². The molecule has 0 aliphatic carbocycles. The monoisotopic (exact) mass is 655 g/mol. The first kappa shape index (κ1) is 31.3. The minimum atomic E-state index is 0.657. The fourth-order valence-corrected chi connectivity index (χ4v) is 6.31. The Hall–Kier alpha value is -6.98. The van der Waals surface area contributed by atoms with Gasteiger partial charge in [0.1, 0.15) is 5.82 Å². The van der Waals surface area contributed by atoms with Crippen molar-refractivity contribution in [3.63, 3.8) is 0 Å². The van der Waals surface area contributed by atoms with Crippen LogP contribution < -0.4 is 0 Å². The van der Waals surface area contributed by atoms with Crippen molar-refractivity contribution in [2.75, 3.05) is 0 Å². The standard InChI is InChI=1S/C46H33N5/c1-3-41-44(4-2)51(40-13-9-6-10-14-40)46(50-41)39-25-19-35(20-26-39)34-17-23-37(24-18-34)43-31-42(48-45(49-43)38-27-29-47-30-28-38)36-21-15-33(16-22-36)32-11-7-5-8-12-32/h3-31H,1-2H2. The van der Waals surface area contributed by atoms with Crippen LogP contribution in [0.25, 0.3) is 85.4 Å². The summed E-state index contributed by atoms with van der Waals surface area (Å²) in [6.45, 7) is 8.03. The van der Waals surface area contributed by atoms with E-state index in [1.165, 1.54) is 5.56 Å². The second kappa shape index (κ2) is 13.9. The number of rotatable bonds is 9. The zero-order valence-corrected chi connectivity index (χ0v) is 27.9. The lowest BCUT2D eigenvalue weighted by atomic mass is 10.00. The van der Waals surface area contributed by atoms with Gasteiger partial charge in [-0.2, -0.15) is 0 Å². The van der Waals surface area contributed by atoms with Gasteiger partial charge in [0, 0.05) is 40.3 Å². The molecule has 8 aromatic rings. The summed E-state index contributed by atoms with van der Waals surface area (Å²) in [4.78, 5) is 19.1. The SMILES string of the molecule is C=Cc1nc(-c2ccc(-c3ccc(-c4cc(-c5ccc(-c6ccccc6)cc5)nc(-c5ccncc5)n4)cc3)cc2)n(-c2ccccc2)c1C=C. The molecule has 3 aromatic heterocycles. The number of benzene rings is 5. The quantitative estimate of drug-likeness (QED) is 0.155. The Kier molecular flexibility index (Phi) is 8.51. The first-order chi connectivity index (χ1) is 25.2. The van der Waals surface area contributed by atoms with Gasteiger partial charge in [0.05, 0.1) is 22.8 Å². The van der Waals surface area contributed by atoms with Gasteiger partial charge in [-0.25, -0.2) is 15.0 Å². The number of aromatic nitrogens is 5. The van der Waals surface area contributed by atoms with E-state index in [2.05, 4.69) is 138 Å². The lowest BCUT2D eigenvalue weighted by Crippen LogP contribution is -1.99. The normalized spacial score (nSPS) is 10.9. The molecule has 8 rings (SSSR count). The Balaban J connectivity index is 1.11. The number of pyridine rings is 1. The van der Waals surface area contributed by atoms with E-state index < -0.39 is 0 Å². The molecule has 0 aliphatic rings. The van der Waals surface area contributed by atoms with E-state index in [4.69, 9.17) is 15.0 Å².